The second-order valence-corrected chi connectivity index (χ2v) is 7.13. The average molecular weight is 370 g/mol. The number of fused-ring (bicyclic) bond motifs is 1. The largest absolute Gasteiger partial charge is 0.497 e. The number of carbonyl (C=O) groups is 2. The zero-order valence-electron chi connectivity index (χ0n) is 16.0. The highest BCUT2D eigenvalue weighted by Crippen LogP contribution is 2.23. The molecule has 144 valence electrons. The molecule has 0 atom stereocenters. The molecule has 0 fully saturated rings. The monoisotopic (exact) mass is 370 g/mol. The summed E-state index contributed by atoms with van der Waals surface area (Å²) in [5, 5.41) is 5.76. The molecule has 27 heavy (non-hydrogen) atoms. The Morgan fingerprint density at radius 2 is 1.93 bits per heavy atom. The topological polar surface area (TPSA) is 85.2 Å². The van der Waals surface area contributed by atoms with Crippen molar-refractivity contribution in [3.05, 3.63) is 41.5 Å². The molecule has 2 N–H and O–H groups in total. The number of anilines is 1. The summed E-state index contributed by atoms with van der Waals surface area (Å²) in [4.78, 5) is 29.8. The van der Waals surface area contributed by atoms with Gasteiger partial charge in [0.2, 0.25) is 0 Å². The van der Waals surface area contributed by atoms with E-state index >= 15 is 0 Å². The van der Waals surface area contributed by atoms with Crippen LogP contribution in [-0.4, -0.2) is 35.0 Å². The van der Waals surface area contributed by atoms with E-state index in [1.807, 2.05) is 18.4 Å². The Kier molecular flexibility index (Phi) is 5.78. The Bertz CT molecular complexity index is 824. The summed E-state index contributed by atoms with van der Waals surface area (Å²) in [6.07, 6.45) is 2.71. The molecule has 0 saturated heterocycles. The van der Waals surface area contributed by atoms with E-state index in [0.29, 0.717) is 36.2 Å². The third kappa shape index (κ3) is 4.30. The number of aromatic nitrogens is 2. The van der Waals surface area contributed by atoms with Gasteiger partial charge in [-0.1, -0.05) is 13.8 Å². The Hall–Kier alpha value is -2.83. The number of rotatable bonds is 6. The standard InChI is InChI=1S/C20H26N4O3/c1-13(2)12-21-20(26)18-23-17(16-6-4-5-11-24(16)18)19(25)22-14-7-9-15(27-3)10-8-14/h7-10,13H,4-6,11-12H2,1-3H3,(H,21,26)(H,22,25). The molecule has 1 aliphatic heterocycles. The highest BCUT2D eigenvalue weighted by Gasteiger charge is 2.27. The maximum absolute atomic E-state index is 12.8. The van der Waals surface area contributed by atoms with Gasteiger partial charge in [-0.3, -0.25) is 9.59 Å². The fourth-order valence-corrected chi connectivity index (χ4v) is 3.14. The van der Waals surface area contributed by atoms with E-state index in [4.69, 9.17) is 4.74 Å². The summed E-state index contributed by atoms with van der Waals surface area (Å²) < 4.78 is 7.02. The van der Waals surface area contributed by atoms with E-state index in [-0.39, 0.29) is 11.8 Å². The number of hydrogen-bond acceptors (Lipinski definition) is 4. The van der Waals surface area contributed by atoms with Crippen molar-refractivity contribution in [2.75, 3.05) is 19.0 Å². The summed E-state index contributed by atoms with van der Waals surface area (Å²) >= 11 is 0. The number of methoxy groups -OCH3 is 1. The van der Waals surface area contributed by atoms with Crippen LogP contribution >= 0.6 is 0 Å². The van der Waals surface area contributed by atoms with E-state index in [0.717, 1.165) is 30.7 Å². The van der Waals surface area contributed by atoms with Crippen LogP contribution in [0.25, 0.3) is 0 Å². The van der Waals surface area contributed by atoms with Gasteiger partial charge < -0.3 is 19.9 Å². The summed E-state index contributed by atoms with van der Waals surface area (Å²) in [6.45, 7) is 5.36. The van der Waals surface area contributed by atoms with Crippen LogP contribution in [0.15, 0.2) is 24.3 Å². The van der Waals surface area contributed by atoms with Crippen molar-refractivity contribution in [3.63, 3.8) is 0 Å². The van der Waals surface area contributed by atoms with Crippen molar-refractivity contribution >= 4 is 17.5 Å². The van der Waals surface area contributed by atoms with E-state index in [1.165, 1.54) is 0 Å². The molecular weight excluding hydrogens is 344 g/mol. The molecular formula is C20H26N4O3. The molecule has 1 aromatic heterocycles. The molecule has 2 aromatic rings. The van der Waals surface area contributed by atoms with Gasteiger partial charge in [-0.15, -0.1) is 0 Å². The number of carbonyl (C=O) groups excluding carboxylic acids is 2. The number of hydrogen-bond donors (Lipinski definition) is 2. The van der Waals surface area contributed by atoms with E-state index in [1.54, 1.807) is 31.4 Å². The lowest BCUT2D eigenvalue weighted by Crippen LogP contribution is -2.30. The number of nitrogens with zero attached hydrogens (tertiary/aromatic N) is 2. The SMILES string of the molecule is COc1ccc(NC(=O)c2nc(C(=O)NCC(C)C)n3c2CCCC3)cc1. The normalized spacial score (nSPS) is 13.2. The number of benzene rings is 1. The van der Waals surface area contributed by atoms with Gasteiger partial charge in [0.25, 0.3) is 11.8 Å². The predicted molar refractivity (Wildman–Crippen MR) is 103 cm³/mol. The third-order valence-electron chi connectivity index (χ3n) is 4.55. The molecule has 7 nitrogen and oxygen atoms in total. The second kappa shape index (κ2) is 8.24. The van der Waals surface area contributed by atoms with Crippen LogP contribution in [0.1, 0.15) is 53.5 Å². The average Bonchev–Trinajstić information content (AvgIpc) is 3.06. The van der Waals surface area contributed by atoms with Crippen LogP contribution in [0.4, 0.5) is 5.69 Å². The molecule has 0 aliphatic carbocycles. The number of amides is 2. The molecule has 1 aliphatic rings. The van der Waals surface area contributed by atoms with Crippen molar-refractivity contribution in [1.82, 2.24) is 14.9 Å². The summed E-state index contributed by atoms with van der Waals surface area (Å²) in [5.74, 6) is 0.869. The van der Waals surface area contributed by atoms with Crippen LogP contribution in [0.2, 0.25) is 0 Å². The maximum Gasteiger partial charge on any atom is 0.287 e. The van der Waals surface area contributed by atoms with Gasteiger partial charge in [0.1, 0.15) is 5.75 Å². The minimum Gasteiger partial charge on any atom is -0.497 e. The molecule has 0 spiro atoms. The van der Waals surface area contributed by atoms with E-state index in [2.05, 4.69) is 15.6 Å². The Balaban J connectivity index is 1.83. The zero-order valence-corrected chi connectivity index (χ0v) is 16.0. The van der Waals surface area contributed by atoms with Gasteiger partial charge in [0.15, 0.2) is 11.5 Å². The van der Waals surface area contributed by atoms with Crippen molar-refractivity contribution in [2.45, 2.75) is 39.7 Å². The third-order valence-corrected chi connectivity index (χ3v) is 4.55. The zero-order chi connectivity index (χ0) is 19.4. The van der Waals surface area contributed by atoms with Crippen LogP contribution in [0, 0.1) is 5.92 Å². The molecule has 1 aromatic carbocycles. The summed E-state index contributed by atoms with van der Waals surface area (Å²) in [6, 6.07) is 7.11. The predicted octanol–water partition coefficient (Wildman–Crippen LogP) is 2.87. The molecule has 2 amide bonds. The first kappa shape index (κ1) is 18.9. The van der Waals surface area contributed by atoms with Gasteiger partial charge in [-0.25, -0.2) is 4.98 Å². The second-order valence-electron chi connectivity index (χ2n) is 7.13. The van der Waals surface area contributed by atoms with Gasteiger partial charge in [0, 0.05) is 18.8 Å². The summed E-state index contributed by atoms with van der Waals surface area (Å²) in [5.41, 5.74) is 1.83. The van der Waals surface area contributed by atoms with Crippen molar-refractivity contribution in [1.29, 1.82) is 0 Å². The van der Waals surface area contributed by atoms with Crippen LogP contribution in [0.3, 0.4) is 0 Å². The van der Waals surface area contributed by atoms with E-state index < -0.39 is 0 Å². The fraction of sp³-hybridized carbons (Fsp3) is 0.450. The smallest absolute Gasteiger partial charge is 0.287 e. The quantitative estimate of drug-likeness (QED) is 0.819. The highest BCUT2D eigenvalue weighted by molar-refractivity contribution is 6.05. The van der Waals surface area contributed by atoms with Crippen LogP contribution < -0.4 is 15.4 Å². The molecule has 7 heteroatoms. The fourth-order valence-electron chi connectivity index (χ4n) is 3.14. The lowest BCUT2D eigenvalue weighted by molar-refractivity contribution is 0.0933. The van der Waals surface area contributed by atoms with Gasteiger partial charge >= 0.3 is 0 Å². The minimum absolute atomic E-state index is 0.227. The van der Waals surface area contributed by atoms with Crippen LogP contribution in [-0.2, 0) is 13.0 Å². The maximum atomic E-state index is 12.8. The molecule has 2 heterocycles. The lowest BCUT2D eigenvalue weighted by atomic mass is 10.1. The summed E-state index contributed by atoms with van der Waals surface area (Å²) in [7, 11) is 1.59. The first-order valence-corrected chi connectivity index (χ1v) is 9.32. The minimum atomic E-state index is -0.297. The van der Waals surface area contributed by atoms with Crippen LogP contribution in [0.5, 0.6) is 5.75 Å². The van der Waals surface area contributed by atoms with E-state index in [9.17, 15) is 9.59 Å². The Labute approximate surface area is 159 Å². The molecule has 3 rings (SSSR count). The number of ether oxygens (including phenoxy) is 1. The van der Waals surface area contributed by atoms with Gasteiger partial charge in [-0.2, -0.15) is 0 Å². The lowest BCUT2D eigenvalue weighted by Gasteiger charge is -2.17. The molecule has 0 radical (unpaired) electrons. The van der Waals surface area contributed by atoms with Gasteiger partial charge in [0.05, 0.1) is 12.8 Å². The first-order valence-electron chi connectivity index (χ1n) is 9.32. The Morgan fingerprint density at radius 1 is 1.19 bits per heavy atom. The molecule has 0 saturated carbocycles. The van der Waals surface area contributed by atoms with Gasteiger partial charge in [-0.05, 0) is 49.4 Å². The Morgan fingerprint density at radius 3 is 2.59 bits per heavy atom. The molecule has 0 unspecified atom stereocenters. The number of nitrogens with one attached hydrogen (secondary N) is 2. The van der Waals surface area contributed by atoms with Crippen molar-refractivity contribution in [2.24, 2.45) is 5.92 Å². The molecule has 0 bridgehead atoms. The van der Waals surface area contributed by atoms with Crippen molar-refractivity contribution in [3.8, 4) is 5.75 Å². The first-order chi connectivity index (χ1) is 13.0. The highest BCUT2D eigenvalue weighted by atomic mass is 16.5. The number of imidazole rings is 1. The van der Waals surface area contributed by atoms with Crippen molar-refractivity contribution < 1.29 is 14.3 Å².